The largest absolute Gasteiger partial charge is 0.384 e. The zero-order valence-electron chi connectivity index (χ0n) is 12.2. The second-order valence-corrected chi connectivity index (χ2v) is 5.96. The normalized spacial score (nSPS) is 13.4. The maximum Gasteiger partial charge on any atom is 0.293 e. The van der Waals surface area contributed by atoms with Gasteiger partial charge in [0.05, 0.1) is 4.92 Å². The lowest BCUT2D eigenvalue weighted by Crippen LogP contribution is -2.30. The highest BCUT2D eigenvalue weighted by Crippen LogP contribution is 2.28. The highest BCUT2D eigenvalue weighted by atomic mass is 32.1. The first-order chi connectivity index (χ1) is 10.3. The molecule has 0 aliphatic rings. The summed E-state index contributed by atoms with van der Waals surface area (Å²) in [4.78, 5) is 21.9. The SMILES string of the molecule is CC(=O)c1ccc(NCC(C)(O)c2ccsc2)c([N+](=O)[O-])c1. The van der Waals surface area contributed by atoms with Gasteiger partial charge in [0.25, 0.3) is 5.69 Å². The molecule has 0 saturated heterocycles. The molecule has 0 saturated carbocycles. The van der Waals surface area contributed by atoms with Crippen molar-refractivity contribution < 1.29 is 14.8 Å². The van der Waals surface area contributed by atoms with Crippen molar-refractivity contribution in [3.8, 4) is 0 Å². The van der Waals surface area contributed by atoms with Gasteiger partial charge in [-0.15, -0.1) is 0 Å². The van der Waals surface area contributed by atoms with Crippen molar-refractivity contribution >= 4 is 28.5 Å². The quantitative estimate of drug-likeness (QED) is 0.484. The molecule has 116 valence electrons. The summed E-state index contributed by atoms with van der Waals surface area (Å²) in [7, 11) is 0. The molecule has 1 atom stereocenters. The van der Waals surface area contributed by atoms with Crippen molar-refractivity contribution in [2.45, 2.75) is 19.4 Å². The van der Waals surface area contributed by atoms with Gasteiger partial charge in [0, 0.05) is 18.2 Å². The Morgan fingerprint density at radius 3 is 2.73 bits per heavy atom. The molecule has 1 heterocycles. The number of nitrogens with one attached hydrogen (secondary N) is 1. The number of rotatable bonds is 6. The molecule has 22 heavy (non-hydrogen) atoms. The fraction of sp³-hybridized carbons (Fsp3) is 0.267. The van der Waals surface area contributed by atoms with Crippen molar-refractivity contribution in [3.05, 3.63) is 56.3 Å². The van der Waals surface area contributed by atoms with Crippen molar-refractivity contribution in [2.24, 2.45) is 0 Å². The van der Waals surface area contributed by atoms with Gasteiger partial charge in [-0.05, 0) is 48.4 Å². The fourth-order valence-electron chi connectivity index (χ4n) is 1.99. The third kappa shape index (κ3) is 3.49. The number of nitrogens with zero attached hydrogens (tertiary/aromatic N) is 1. The van der Waals surface area contributed by atoms with Crippen molar-refractivity contribution in [2.75, 3.05) is 11.9 Å². The second-order valence-electron chi connectivity index (χ2n) is 5.18. The van der Waals surface area contributed by atoms with E-state index in [1.165, 1.54) is 36.5 Å². The van der Waals surface area contributed by atoms with E-state index >= 15 is 0 Å². The predicted molar refractivity (Wildman–Crippen MR) is 85.5 cm³/mol. The van der Waals surface area contributed by atoms with E-state index in [9.17, 15) is 20.0 Å². The van der Waals surface area contributed by atoms with E-state index in [0.717, 1.165) is 5.56 Å². The van der Waals surface area contributed by atoms with Crippen LogP contribution in [-0.4, -0.2) is 22.4 Å². The number of anilines is 1. The maximum absolute atomic E-state index is 11.3. The van der Waals surface area contributed by atoms with Crippen LogP contribution in [-0.2, 0) is 5.60 Å². The van der Waals surface area contributed by atoms with Gasteiger partial charge >= 0.3 is 0 Å². The Bertz CT molecular complexity index is 696. The minimum absolute atomic E-state index is 0.115. The van der Waals surface area contributed by atoms with Crippen molar-refractivity contribution in [1.82, 2.24) is 0 Å². The summed E-state index contributed by atoms with van der Waals surface area (Å²) in [5, 5.41) is 28.1. The Kier molecular flexibility index (Phi) is 4.58. The molecule has 0 amide bonds. The minimum atomic E-state index is -1.15. The summed E-state index contributed by atoms with van der Waals surface area (Å²) in [6.45, 7) is 3.11. The van der Waals surface area contributed by atoms with Crippen LogP contribution in [0, 0.1) is 10.1 Å². The van der Waals surface area contributed by atoms with Gasteiger partial charge in [-0.2, -0.15) is 11.3 Å². The maximum atomic E-state index is 11.3. The standard InChI is InChI=1S/C15H16N2O4S/c1-10(18)11-3-4-13(14(7-11)17(20)21)16-9-15(2,19)12-5-6-22-8-12/h3-8,16,19H,9H2,1-2H3. The van der Waals surface area contributed by atoms with Crippen LogP contribution in [0.1, 0.15) is 29.8 Å². The number of hydrogen-bond acceptors (Lipinski definition) is 6. The van der Waals surface area contributed by atoms with Gasteiger partial charge in [-0.3, -0.25) is 14.9 Å². The number of carbonyl (C=O) groups excluding carboxylic acids is 1. The van der Waals surface area contributed by atoms with E-state index < -0.39 is 10.5 Å². The van der Waals surface area contributed by atoms with Gasteiger partial charge in [-0.1, -0.05) is 0 Å². The molecule has 0 aliphatic carbocycles. The molecule has 1 unspecified atom stereocenters. The Morgan fingerprint density at radius 2 is 2.18 bits per heavy atom. The first-order valence-corrected chi connectivity index (χ1v) is 7.54. The average Bonchev–Trinajstić information content (AvgIpc) is 2.99. The average molecular weight is 320 g/mol. The lowest BCUT2D eigenvalue weighted by Gasteiger charge is -2.23. The molecule has 2 N–H and O–H groups in total. The smallest absolute Gasteiger partial charge is 0.293 e. The molecule has 0 bridgehead atoms. The second kappa shape index (κ2) is 6.25. The Labute approximate surface area is 131 Å². The van der Waals surface area contributed by atoms with Gasteiger partial charge in [0.15, 0.2) is 5.78 Å². The molecule has 0 radical (unpaired) electrons. The monoisotopic (exact) mass is 320 g/mol. The lowest BCUT2D eigenvalue weighted by atomic mass is 9.99. The molecule has 6 nitrogen and oxygen atoms in total. The molecule has 0 spiro atoms. The van der Waals surface area contributed by atoms with Crippen LogP contribution in [0.25, 0.3) is 0 Å². The van der Waals surface area contributed by atoms with Crippen LogP contribution in [0.5, 0.6) is 0 Å². The highest BCUT2D eigenvalue weighted by molar-refractivity contribution is 7.08. The lowest BCUT2D eigenvalue weighted by molar-refractivity contribution is -0.384. The summed E-state index contributed by atoms with van der Waals surface area (Å²) >= 11 is 1.47. The summed E-state index contributed by atoms with van der Waals surface area (Å²) in [5.74, 6) is -0.236. The van der Waals surface area contributed by atoms with Gasteiger partial charge in [-0.25, -0.2) is 0 Å². The number of thiophene rings is 1. The van der Waals surface area contributed by atoms with Crippen LogP contribution in [0.4, 0.5) is 11.4 Å². The van der Waals surface area contributed by atoms with E-state index in [1.54, 1.807) is 13.0 Å². The fourth-order valence-corrected chi connectivity index (χ4v) is 2.77. The van der Waals surface area contributed by atoms with E-state index in [1.807, 2.05) is 10.8 Å². The number of carbonyl (C=O) groups is 1. The van der Waals surface area contributed by atoms with Crippen LogP contribution < -0.4 is 5.32 Å². The minimum Gasteiger partial charge on any atom is -0.384 e. The van der Waals surface area contributed by atoms with Gasteiger partial charge in [0.1, 0.15) is 11.3 Å². The zero-order chi connectivity index (χ0) is 16.3. The molecule has 2 rings (SSSR count). The Hall–Kier alpha value is -2.25. The number of ketones is 1. The summed E-state index contributed by atoms with van der Waals surface area (Å²) < 4.78 is 0. The summed E-state index contributed by atoms with van der Waals surface area (Å²) in [5.41, 5.74) is -0.0400. The van der Waals surface area contributed by atoms with Crippen molar-refractivity contribution in [3.63, 3.8) is 0 Å². The Balaban J connectivity index is 2.22. The Morgan fingerprint density at radius 1 is 1.45 bits per heavy atom. The van der Waals surface area contributed by atoms with E-state index in [0.29, 0.717) is 0 Å². The van der Waals surface area contributed by atoms with Gasteiger partial charge < -0.3 is 10.4 Å². The first-order valence-electron chi connectivity index (χ1n) is 6.59. The number of benzene rings is 1. The number of Topliss-reactive ketones (excluding diaryl/α,β-unsaturated/α-hetero) is 1. The van der Waals surface area contributed by atoms with E-state index in [-0.39, 0.29) is 29.3 Å². The van der Waals surface area contributed by atoms with Crippen LogP contribution in [0.2, 0.25) is 0 Å². The molecule has 1 aromatic carbocycles. The van der Waals surface area contributed by atoms with E-state index in [4.69, 9.17) is 0 Å². The number of nitro groups is 1. The molecule has 0 aliphatic heterocycles. The molecular formula is C15H16N2O4S. The third-order valence-electron chi connectivity index (χ3n) is 3.37. The van der Waals surface area contributed by atoms with Crippen LogP contribution in [0.15, 0.2) is 35.0 Å². The molecule has 0 fully saturated rings. The van der Waals surface area contributed by atoms with E-state index in [2.05, 4.69) is 5.32 Å². The van der Waals surface area contributed by atoms with Gasteiger partial charge in [0.2, 0.25) is 0 Å². The summed E-state index contributed by atoms with van der Waals surface area (Å²) in [6, 6.07) is 6.05. The summed E-state index contributed by atoms with van der Waals surface area (Å²) in [6.07, 6.45) is 0. The first kappa shape index (κ1) is 16.1. The molecular weight excluding hydrogens is 304 g/mol. The zero-order valence-corrected chi connectivity index (χ0v) is 13.0. The number of nitro benzene ring substituents is 1. The molecule has 1 aromatic heterocycles. The predicted octanol–water partition coefficient (Wildman–Crippen LogP) is 3.18. The third-order valence-corrected chi connectivity index (χ3v) is 4.05. The van der Waals surface area contributed by atoms with Crippen LogP contribution >= 0.6 is 11.3 Å². The molecule has 2 aromatic rings. The highest BCUT2D eigenvalue weighted by Gasteiger charge is 2.25. The number of hydrogen-bond donors (Lipinski definition) is 2. The van der Waals surface area contributed by atoms with Crippen LogP contribution in [0.3, 0.4) is 0 Å². The molecule has 7 heteroatoms. The number of aliphatic hydroxyl groups is 1. The topological polar surface area (TPSA) is 92.5 Å². The van der Waals surface area contributed by atoms with Crippen molar-refractivity contribution in [1.29, 1.82) is 0 Å².